The molecule has 0 aliphatic heterocycles. The smallest absolute Gasteiger partial charge is 0.240 e. The molecule has 0 aliphatic rings. The van der Waals surface area contributed by atoms with Gasteiger partial charge in [0, 0.05) is 39.7 Å². The van der Waals surface area contributed by atoms with Crippen LogP contribution in [0.5, 0.6) is 0 Å². The SMILES string of the molecule is CN[C@@H](CSSC[C@H](NC)C(=O)N(C)C)C(=O)N(C)C. The summed E-state index contributed by atoms with van der Waals surface area (Å²) in [6.07, 6.45) is 0. The zero-order chi connectivity index (χ0) is 15.7. The van der Waals surface area contributed by atoms with E-state index in [0.29, 0.717) is 11.5 Å². The molecule has 0 fully saturated rings. The first-order valence-electron chi connectivity index (χ1n) is 6.36. The lowest BCUT2D eigenvalue weighted by molar-refractivity contribution is -0.130. The monoisotopic (exact) mass is 322 g/mol. The van der Waals surface area contributed by atoms with E-state index in [9.17, 15) is 9.59 Å². The Morgan fingerprint density at radius 1 is 0.850 bits per heavy atom. The summed E-state index contributed by atoms with van der Waals surface area (Å²) in [5.74, 6) is 1.47. The highest BCUT2D eigenvalue weighted by atomic mass is 33.1. The van der Waals surface area contributed by atoms with Crippen molar-refractivity contribution in [2.24, 2.45) is 0 Å². The van der Waals surface area contributed by atoms with Crippen LogP contribution in [0.25, 0.3) is 0 Å². The Kier molecular flexibility index (Phi) is 10.1. The van der Waals surface area contributed by atoms with Crippen molar-refractivity contribution in [3.05, 3.63) is 0 Å². The molecule has 2 N–H and O–H groups in total. The summed E-state index contributed by atoms with van der Waals surface area (Å²) in [5.41, 5.74) is 0. The zero-order valence-corrected chi connectivity index (χ0v) is 14.7. The molecule has 8 heteroatoms. The topological polar surface area (TPSA) is 64.7 Å². The van der Waals surface area contributed by atoms with Gasteiger partial charge in [0.05, 0.1) is 12.1 Å². The maximum Gasteiger partial charge on any atom is 0.240 e. The van der Waals surface area contributed by atoms with Gasteiger partial charge in [-0.25, -0.2) is 0 Å². The fourth-order valence-electron chi connectivity index (χ4n) is 1.41. The molecule has 20 heavy (non-hydrogen) atoms. The highest BCUT2D eigenvalue weighted by molar-refractivity contribution is 8.76. The highest BCUT2D eigenvalue weighted by Crippen LogP contribution is 2.23. The third-order valence-electron chi connectivity index (χ3n) is 2.73. The molecule has 0 rings (SSSR count). The molecule has 0 aromatic rings. The summed E-state index contributed by atoms with van der Waals surface area (Å²) in [5, 5.41) is 6.02. The first-order chi connectivity index (χ1) is 9.34. The number of carbonyl (C=O) groups is 2. The van der Waals surface area contributed by atoms with Crippen LogP contribution in [-0.2, 0) is 9.59 Å². The summed E-state index contributed by atoms with van der Waals surface area (Å²) in [6.45, 7) is 0. The summed E-state index contributed by atoms with van der Waals surface area (Å²) in [4.78, 5) is 26.8. The van der Waals surface area contributed by atoms with Gasteiger partial charge in [0.2, 0.25) is 11.8 Å². The zero-order valence-electron chi connectivity index (χ0n) is 13.1. The molecule has 0 aromatic carbocycles. The van der Waals surface area contributed by atoms with Crippen molar-refractivity contribution in [3.63, 3.8) is 0 Å². The second kappa shape index (κ2) is 10.3. The number of nitrogens with one attached hydrogen (secondary N) is 2. The molecule has 0 spiro atoms. The van der Waals surface area contributed by atoms with Crippen LogP contribution in [0, 0.1) is 0 Å². The molecule has 2 atom stereocenters. The van der Waals surface area contributed by atoms with E-state index in [1.165, 1.54) is 0 Å². The van der Waals surface area contributed by atoms with Gasteiger partial charge in [-0.3, -0.25) is 9.59 Å². The molecule has 0 aromatic heterocycles. The standard InChI is InChI=1S/C12H26N4O2S2/c1-13-9(11(17)15(3)4)7-19-20-8-10(14-2)12(18)16(5)6/h9-10,13-14H,7-8H2,1-6H3/t9-,10-/m0/s1. The summed E-state index contributed by atoms with van der Waals surface area (Å²) in [6, 6.07) is -0.389. The second-order valence-corrected chi connectivity index (χ2v) is 7.27. The third kappa shape index (κ3) is 6.83. The Balaban J connectivity index is 4.10. The van der Waals surface area contributed by atoms with E-state index >= 15 is 0 Å². The van der Waals surface area contributed by atoms with E-state index in [2.05, 4.69) is 10.6 Å². The average Bonchev–Trinajstić information content (AvgIpc) is 2.41. The molecule has 0 bridgehead atoms. The first kappa shape index (κ1) is 19.6. The third-order valence-corrected chi connectivity index (χ3v) is 5.15. The Morgan fingerprint density at radius 3 is 1.35 bits per heavy atom. The van der Waals surface area contributed by atoms with Crippen LogP contribution < -0.4 is 10.6 Å². The molecular weight excluding hydrogens is 296 g/mol. The highest BCUT2D eigenvalue weighted by Gasteiger charge is 2.20. The van der Waals surface area contributed by atoms with Gasteiger partial charge in [0.25, 0.3) is 0 Å². The van der Waals surface area contributed by atoms with Crippen LogP contribution in [0.1, 0.15) is 0 Å². The lowest BCUT2D eigenvalue weighted by Gasteiger charge is -2.21. The molecule has 2 amide bonds. The van der Waals surface area contributed by atoms with Gasteiger partial charge in [0.15, 0.2) is 0 Å². The molecule has 6 nitrogen and oxygen atoms in total. The quantitative estimate of drug-likeness (QED) is 0.450. The minimum atomic E-state index is -0.194. The number of amides is 2. The molecule has 0 saturated heterocycles. The van der Waals surface area contributed by atoms with Crippen LogP contribution in [0.15, 0.2) is 0 Å². The van der Waals surface area contributed by atoms with Gasteiger partial charge < -0.3 is 20.4 Å². The number of likely N-dealkylation sites (N-methyl/N-ethyl adjacent to an activating group) is 4. The van der Waals surface area contributed by atoms with E-state index < -0.39 is 0 Å². The van der Waals surface area contributed by atoms with E-state index in [4.69, 9.17) is 0 Å². The molecule has 0 radical (unpaired) electrons. The van der Waals surface area contributed by atoms with Gasteiger partial charge in [0.1, 0.15) is 0 Å². The van der Waals surface area contributed by atoms with Crippen LogP contribution in [-0.4, -0.2) is 87.5 Å². The number of rotatable bonds is 9. The number of hydrogen-bond acceptors (Lipinski definition) is 6. The first-order valence-corrected chi connectivity index (χ1v) is 8.85. The number of nitrogens with zero attached hydrogens (tertiary/aromatic N) is 2. The number of carbonyl (C=O) groups excluding carboxylic acids is 2. The second-order valence-electron chi connectivity index (χ2n) is 4.72. The number of hydrogen-bond donors (Lipinski definition) is 2. The van der Waals surface area contributed by atoms with Crippen molar-refractivity contribution in [1.29, 1.82) is 0 Å². The minimum Gasteiger partial charge on any atom is -0.347 e. The molecule has 0 unspecified atom stereocenters. The Hall–Kier alpha value is -0.440. The molecule has 0 heterocycles. The predicted molar refractivity (Wildman–Crippen MR) is 88.0 cm³/mol. The summed E-state index contributed by atoms with van der Waals surface area (Å²) >= 11 is 0. The maximum atomic E-state index is 11.8. The summed E-state index contributed by atoms with van der Waals surface area (Å²) in [7, 11) is 13.8. The van der Waals surface area contributed by atoms with Crippen LogP contribution in [0.3, 0.4) is 0 Å². The van der Waals surface area contributed by atoms with Gasteiger partial charge in [-0.1, -0.05) is 21.6 Å². The van der Waals surface area contributed by atoms with Crippen molar-refractivity contribution in [2.75, 3.05) is 53.8 Å². The van der Waals surface area contributed by atoms with Crippen molar-refractivity contribution < 1.29 is 9.59 Å². The van der Waals surface area contributed by atoms with E-state index in [0.717, 1.165) is 0 Å². The van der Waals surface area contributed by atoms with Crippen molar-refractivity contribution in [2.45, 2.75) is 12.1 Å². The molecule has 0 saturated carbocycles. The minimum absolute atomic E-state index is 0.0649. The van der Waals surface area contributed by atoms with Crippen LogP contribution in [0.4, 0.5) is 0 Å². The van der Waals surface area contributed by atoms with Crippen molar-refractivity contribution >= 4 is 33.4 Å². The summed E-state index contributed by atoms with van der Waals surface area (Å²) < 4.78 is 0. The van der Waals surface area contributed by atoms with E-state index in [1.54, 1.807) is 73.7 Å². The normalized spacial score (nSPS) is 13.7. The van der Waals surface area contributed by atoms with Gasteiger partial charge in [-0.05, 0) is 14.1 Å². The largest absolute Gasteiger partial charge is 0.347 e. The van der Waals surface area contributed by atoms with Gasteiger partial charge in [-0.2, -0.15) is 0 Å². The predicted octanol–water partition coefficient (Wildman–Crippen LogP) is -0.280. The van der Waals surface area contributed by atoms with Crippen LogP contribution >= 0.6 is 21.6 Å². The fourth-order valence-corrected chi connectivity index (χ4v) is 3.89. The Labute approximate surface area is 129 Å². The van der Waals surface area contributed by atoms with E-state index in [-0.39, 0.29) is 23.9 Å². The van der Waals surface area contributed by atoms with Gasteiger partial charge >= 0.3 is 0 Å². The molecule has 0 aliphatic carbocycles. The Morgan fingerprint density at radius 2 is 1.15 bits per heavy atom. The Bertz CT molecular complexity index is 284. The van der Waals surface area contributed by atoms with Crippen LogP contribution in [0.2, 0.25) is 0 Å². The van der Waals surface area contributed by atoms with E-state index in [1.807, 2.05) is 0 Å². The van der Waals surface area contributed by atoms with Crippen molar-refractivity contribution in [1.82, 2.24) is 20.4 Å². The average molecular weight is 323 g/mol. The maximum absolute atomic E-state index is 11.8. The lowest BCUT2D eigenvalue weighted by atomic mass is 10.3. The van der Waals surface area contributed by atoms with Crippen molar-refractivity contribution in [3.8, 4) is 0 Å². The molecule has 118 valence electrons. The molecular formula is C12H26N4O2S2. The lowest BCUT2D eigenvalue weighted by Crippen LogP contribution is -2.44. The van der Waals surface area contributed by atoms with Gasteiger partial charge in [-0.15, -0.1) is 0 Å². The fraction of sp³-hybridized carbons (Fsp3) is 0.833.